The van der Waals surface area contributed by atoms with E-state index in [-0.39, 0.29) is 0 Å². The first-order valence-electron chi connectivity index (χ1n) is 8.71. The van der Waals surface area contributed by atoms with Crippen molar-refractivity contribution in [3.05, 3.63) is 23.8 Å². The number of nitrogens with zero attached hydrogens (tertiary/aromatic N) is 1. The molecule has 0 aliphatic carbocycles. The maximum Gasteiger partial charge on any atom is 0.498 e. The van der Waals surface area contributed by atoms with Crippen LogP contribution in [0.5, 0.6) is 5.75 Å². The van der Waals surface area contributed by atoms with Crippen molar-refractivity contribution >= 4 is 12.6 Å². The van der Waals surface area contributed by atoms with E-state index in [4.69, 9.17) is 14.0 Å². The molecule has 0 saturated carbocycles. The van der Waals surface area contributed by atoms with Crippen molar-refractivity contribution in [2.45, 2.75) is 58.0 Å². The molecule has 3 rings (SSSR count). The number of hydrogen-bond donors (Lipinski definition) is 1. The molecule has 0 bridgehead atoms. The Kier molecular flexibility index (Phi) is 4.68. The van der Waals surface area contributed by atoms with Crippen LogP contribution in [0.4, 0.5) is 0 Å². The lowest BCUT2D eigenvalue weighted by atomic mass is 9.78. The molecule has 1 aromatic carbocycles. The van der Waals surface area contributed by atoms with Crippen LogP contribution in [0.3, 0.4) is 0 Å². The molecule has 2 fully saturated rings. The number of rotatable bonds is 4. The van der Waals surface area contributed by atoms with Gasteiger partial charge in [0.05, 0.1) is 18.3 Å². The van der Waals surface area contributed by atoms with Crippen LogP contribution in [0.2, 0.25) is 0 Å². The molecule has 6 heteroatoms. The van der Waals surface area contributed by atoms with Crippen molar-refractivity contribution in [1.82, 2.24) is 4.90 Å². The summed E-state index contributed by atoms with van der Waals surface area (Å²) < 4.78 is 17.8. The van der Waals surface area contributed by atoms with E-state index in [1.54, 1.807) is 7.11 Å². The zero-order chi connectivity index (χ0) is 17.5. The maximum absolute atomic E-state index is 10.6. The van der Waals surface area contributed by atoms with E-state index in [1.165, 1.54) is 0 Å². The van der Waals surface area contributed by atoms with Gasteiger partial charge in [0.25, 0.3) is 0 Å². The van der Waals surface area contributed by atoms with E-state index >= 15 is 0 Å². The molecule has 1 N–H and O–H groups in total. The topological polar surface area (TPSA) is 51.2 Å². The van der Waals surface area contributed by atoms with Gasteiger partial charge in [0.2, 0.25) is 0 Å². The molecule has 1 unspecified atom stereocenters. The second-order valence-corrected chi connectivity index (χ2v) is 7.71. The molecule has 0 radical (unpaired) electrons. The first-order valence-corrected chi connectivity index (χ1v) is 8.71. The summed E-state index contributed by atoms with van der Waals surface area (Å²) in [5.41, 5.74) is 0.912. The Hall–Kier alpha value is -1.08. The molecule has 24 heavy (non-hydrogen) atoms. The Morgan fingerprint density at radius 2 is 1.71 bits per heavy atom. The predicted octanol–water partition coefficient (Wildman–Crippen LogP) is 2.08. The van der Waals surface area contributed by atoms with E-state index in [1.807, 2.05) is 45.9 Å². The van der Waals surface area contributed by atoms with Gasteiger partial charge in [0.15, 0.2) is 0 Å². The van der Waals surface area contributed by atoms with Crippen LogP contribution >= 0.6 is 0 Å². The highest BCUT2D eigenvalue weighted by Crippen LogP contribution is 2.37. The van der Waals surface area contributed by atoms with E-state index in [0.717, 1.165) is 37.0 Å². The van der Waals surface area contributed by atoms with Crippen molar-refractivity contribution in [3.8, 4) is 5.75 Å². The molecule has 0 spiro atoms. The SMILES string of the molecule is COc1cc(C(O)N2CCCC2)ccc1B1OC(C)(C)C(C)(C)O1. The van der Waals surface area contributed by atoms with E-state index in [2.05, 4.69) is 4.90 Å². The third-order valence-electron chi connectivity index (χ3n) is 5.55. The predicted molar refractivity (Wildman–Crippen MR) is 94.5 cm³/mol. The first kappa shape index (κ1) is 17.7. The average molecular weight is 333 g/mol. The summed E-state index contributed by atoms with van der Waals surface area (Å²) in [5, 5.41) is 10.6. The summed E-state index contributed by atoms with van der Waals surface area (Å²) in [6, 6.07) is 5.77. The van der Waals surface area contributed by atoms with Crippen molar-refractivity contribution in [2.24, 2.45) is 0 Å². The second-order valence-electron chi connectivity index (χ2n) is 7.71. The van der Waals surface area contributed by atoms with Crippen LogP contribution in [0.1, 0.15) is 52.3 Å². The van der Waals surface area contributed by atoms with Crippen LogP contribution in [0, 0.1) is 0 Å². The van der Waals surface area contributed by atoms with Gasteiger partial charge in [-0.2, -0.15) is 0 Å². The van der Waals surface area contributed by atoms with E-state index < -0.39 is 24.5 Å². The molecule has 2 aliphatic heterocycles. The zero-order valence-corrected chi connectivity index (χ0v) is 15.3. The summed E-state index contributed by atoms with van der Waals surface area (Å²) >= 11 is 0. The number of ether oxygens (including phenoxy) is 1. The third-order valence-corrected chi connectivity index (χ3v) is 5.55. The minimum Gasteiger partial charge on any atom is -0.497 e. The summed E-state index contributed by atoms with van der Waals surface area (Å²) in [6.07, 6.45) is 1.69. The van der Waals surface area contributed by atoms with Crippen molar-refractivity contribution in [2.75, 3.05) is 20.2 Å². The number of aliphatic hydroxyl groups is 1. The van der Waals surface area contributed by atoms with Gasteiger partial charge in [0.1, 0.15) is 12.0 Å². The summed E-state index contributed by atoms with van der Waals surface area (Å²) in [6.45, 7) is 10.00. The fourth-order valence-electron chi connectivity index (χ4n) is 3.25. The molecule has 2 saturated heterocycles. The Balaban J connectivity index is 1.85. The van der Waals surface area contributed by atoms with Gasteiger partial charge in [0, 0.05) is 18.6 Å². The fourth-order valence-corrected chi connectivity index (χ4v) is 3.25. The third kappa shape index (κ3) is 3.08. The molecule has 0 amide bonds. The Morgan fingerprint density at radius 3 is 2.25 bits per heavy atom. The standard InChI is InChI=1S/C18H28BNO4/c1-17(2)18(3,4)24-19(23-17)14-9-8-13(12-15(14)22-5)16(21)20-10-6-7-11-20/h8-9,12,16,21H,6-7,10-11H2,1-5H3. The number of methoxy groups -OCH3 is 1. The van der Waals surface area contributed by atoms with Gasteiger partial charge >= 0.3 is 7.12 Å². The molecule has 132 valence electrons. The molecule has 2 aliphatic rings. The smallest absolute Gasteiger partial charge is 0.497 e. The molecular formula is C18H28BNO4. The summed E-state index contributed by atoms with van der Waals surface area (Å²) in [7, 11) is 1.17. The Bertz CT molecular complexity index is 583. The first-order chi connectivity index (χ1) is 11.2. The highest BCUT2D eigenvalue weighted by atomic mass is 16.7. The average Bonchev–Trinajstić information content (AvgIpc) is 3.13. The van der Waals surface area contributed by atoms with Crippen molar-refractivity contribution < 1.29 is 19.2 Å². The Morgan fingerprint density at radius 1 is 1.12 bits per heavy atom. The minimum absolute atomic E-state index is 0.392. The lowest BCUT2D eigenvalue weighted by molar-refractivity contribution is 0.00578. The van der Waals surface area contributed by atoms with E-state index in [9.17, 15) is 5.11 Å². The molecule has 0 aromatic heterocycles. The number of likely N-dealkylation sites (tertiary alicyclic amines) is 1. The number of aliphatic hydroxyl groups excluding tert-OH is 1. The monoisotopic (exact) mass is 333 g/mol. The second kappa shape index (κ2) is 6.34. The molecular weight excluding hydrogens is 305 g/mol. The Labute approximate surface area is 145 Å². The fraction of sp³-hybridized carbons (Fsp3) is 0.667. The highest BCUT2D eigenvalue weighted by Gasteiger charge is 2.52. The van der Waals surface area contributed by atoms with Crippen LogP contribution in [0.25, 0.3) is 0 Å². The van der Waals surface area contributed by atoms with Crippen LogP contribution in [0.15, 0.2) is 18.2 Å². The van der Waals surface area contributed by atoms with Crippen molar-refractivity contribution in [3.63, 3.8) is 0 Å². The molecule has 1 atom stereocenters. The van der Waals surface area contributed by atoms with Crippen LogP contribution in [-0.2, 0) is 9.31 Å². The number of hydrogen-bond acceptors (Lipinski definition) is 5. The largest absolute Gasteiger partial charge is 0.498 e. The lowest BCUT2D eigenvalue weighted by Gasteiger charge is -2.32. The quantitative estimate of drug-likeness (QED) is 0.855. The van der Waals surface area contributed by atoms with Gasteiger partial charge in [-0.25, -0.2) is 0 Å². The zero-order valence-electron chi connectivity index (χ0n) is 15.3. The normalized spacial score (nSPS) is 24.3. The van der Waals surface area contributed by atoms with Crippen LogP contribution < -0.4 is 10.2 Å². The summed E-state index contributed by atoms with van der Waals surface area (Å²) in [4.78, 5) is 2.09. The molecule has 2 heterocycles. The van der Waals surface area contributed by atoms with Crippen LogP contribution in [-0.4, -0.2) is 48.5 Å². The number of benzene rings is 1. The van der Waals surface area contributed by atoms with Crippen molar-refractivity contribution in [1.29, 1.82) is 0 Å². The maximum atomic E-state index is 10.6. The van der Waals surface area contributed by atoms with Gasteiger partial charge < -0.3 is 19.2 Å². The van der Waals surface area contributed by atoms with Gasteiger partial charge in [-0.15, -0.1) is 0 Å². The highest BCUT2D eigenvalue weighted by molar-refractivity contribution is 6.63. The van der Waals surface area contributed by atoms with Gasteiger partial charge in [-0.3, -0.25) is 4.90 Å². The van der Waals surface area contributed by atoms with Gasteiger partial charge in [-0.1, -0.05) is 12.1 Å². The molecule has 1 aromatic rings. The lowest BCUT2D eigenvalue weighted by Crippen LogP contribution is -2.41. The molecule has 5 nitrogen and oxygen atoms in total. The van der Waals surface area contributed by atoms with Gasteiger partial charge in [-0.05, 0) is 52.2 Å². The summed E-state index contributed by atoms with van der Waals surface area (Å²) in [5.74, 6) is 0.684. The van der Waals surface area contributed by atoms with E-state index in [0.29, 0.717) is 5.75 Å². The minimum atomic E-state index is -0.589.